The van der Waals surface area contributed by atoms with Crippen LogP contribution in [0.3, 0.4) is 0 Å². The van der Waals surface area contributed by atoms with Gasteiger partial charge in [0.25, 0.3) is 0 Å². The summed E-state index contributed by atoms with van der Waals surface area (Å²) in [5, 5.41) is 17.5. The number of aromatic nitrogens is 6. The maximum absolute atomic E-state index is 12.0. The molecule has 0 aliphatic carbocycles. The molecular weight excluding hydrogens is 382 g/mol. The summed E-state index contributed by atoms with van der Waals surface area (Å²) in [5.74, 6) is 0.378. The number of aryl methyl sites for hydroxylation is 1. The Hall–Kier alpha value is -4.27. The quantitative estimate of drug-likeness (QED) is 0.477. The lowest BCUT2D eigenvalue weighted by Crippen LogP contribution is -2.29. The van der Waals surface area contributed by atoms with Crippen LogP contribution < -0.4 is 4.90 Å². The molecule has 0 aliphatic rings. The van der Waals surface area contributed by atoms with Gasteiger partial charge in [-0.3, -0.25) is 20.0 Å². The number of fused-ring (bicyclic) bond motifs is 2. The van der Waals surface area contributed by atoms with E-state index in [0.29, 0.717) is 22.5 Å². The predicted molar refractivity (Wildman–Crippen MR) is 112 cm³/mol. The predicted octanol–water partition coefficient (Wildman–Crippen LogP) is 3.59. The first-order chi connectivity index (χ1) is 14.6. The van der Waals surface area contributed by atoms with E-state index in [9.17, 15) is 9.90 Å². The molecule has 0 atom stereocenters. The zero-order valence-electron chi connectivity index (χ0n) is 16.0. The van der Waals surface area contributed by atoms with Crippen LogP contribution in [0.1, 0.15) is 5.82 Å². The minimum atomic E-state index is -1.10. The molecule has 0 saturated carbocycles. The fourth-order valence-electron chi connectivity index (χ4n) is 3.59. The Morgan fingerprint density at radius 1 is 1.13 bits per heavy atom. The Morgan fingerprint density at radius 2 is 2.00 bits per heavy atom. The Bertz CT molecular complexity index is 1380. The van der Waals surface area contributed by atoms with Crippen LogP contribution >= 0.6 is 0 Å². The number of hydrogen-bond donors (Lipinski definition) is 2. The average molecular weight is 399 g/mol. The lowest BCUT2D eigenvalue weighted by Gasteiger charge is -2.19. The van der Waals surface area contributed by atoms with E-state index in [-0.39, 0.29) is 6.54 Å². The molecule has 9 nitrogen and oxygen atoms in total. The average Bonchev–Trinajstić information content (AvgIpc) is 3.40. The van der Waals surface area contributed by atoms with Gasteiger partial charge in [0.2, 0.25) is 0 Å². The molecule has 0 spiro atoms. The summed E-state index contributed by atoms with van der Waals surface area (Å²) in [5.41, 5.74) is 4.60. The van der Waals surface area contributed by atoms with Crippen molar-refractivity contribution in [3.8, 4) is 11.1 Å². The smallest absolute Gasteiger partial charge is 0.412 e. The van der Waals surface area contributed by atoms with Crippen molar-refractivity contribution >= 4 is 33.7 Å². The maximum atomic E-state index is 12.0. The van der Waals surface area contributed by atoms with Crippen molar-refractivity contribution in [2.75, 3.05) is 4.90 Å². The molecule has 3 aromatic heterocycles. The lowest BCUT2D eigenvalue weighted by molar-refractivity contribution is 0.201. The third-order valence-electron chi connectivity index (χ3n) is 5.06. The number of carboxylic acid groups (broad SMARTS) is 1. The van der Waals surface area contributed by atoms with E-state index in [4.69, 9.17) is 0 Å². The fraction of sp³-hybridized carbons (Fsp3) is 0.0952. The number of amides is 1. The molecule has 1 amide bonds. The minimum absolute atomic E-state index is 0.0148. The number of hydrogen-bond acceptors (Lipinski definition) is 5. The van der Waals surface area contributed by atoms with Gasteiger partial charge in [0.15, 0.2) is 5.82 Å². The van der Waals surface area contributed by atoms with Crippen molar-refractivity contribution in [2.45, 2.75) is 6.54 Å². The van der Waals surface area contributed by atoms with Crippen LogP contribution in [0.4, 0.5) is 10.5 Å². The highest BCUT2D eigenvalue weighted by atomic mass is 16.4. The summed E-state index contributed by atoms with van der Waals surface area (Å²) in [4.78, 5) is 26.2. The minimum Gasteiger partial charge on any atom is -0.465 e. The van der Waals surface area contributed by atoms with Crippen molar-refractivity contribution in [1.29, 1.82) is 0 Å². The summed E-state index contributed by atoms with van der Waals surface area (Å²) < 4.78 is 2.04. The van der Waals surface area contributed by atoms with Crippen LogP contribution in [0.2, 0.25) is 0 Å². The van der Waals surface area contributed by atoms with Crippen LogP contribution in [-0.2, 0) is 13.6 Å². The zero-order chi connectivity index (χ0) is 20.7. The highest BCUT2D eigenvalue weighted by molar-refractivity contribution is 5.99. The van der Waals surface area contributed by atoms with Crippen molar-refractivity contribution < 1.29 is 9.90 Å². The Balaban J connectivity index is 1.70. The molecule has 9 heteroatoms. The summed E-state index contributed by atoms with van der Waals surface area (Å²) in [6, 6.07) is 11.7. The van der Waals surface area contributed by atoms with E-state index in [0.717, 1.165) is 22.0 Å². The zero-order valence-corrected chi connectivity index (χ0v) is 16.0. The molecule has 30 heavy (non-hydrogen) atoms. The first kappa shape index (κ1) is 17.8. The standard InChI is InChI=1S/C21H17N7O2/c1-27-7-4-13-2-3-14(8-18(13)27)16-9-15(10-17-20(16)23-6-5-22-17)28(21(29)30)11-19-24-12-25-26-19/h2-10,12H,11H2,1H3,(H,29,30)(H,24,25,26). The molecule has 2 aromatic carbocycles. The number of aromatic amines is 1. The highest BCUT2D eigenvalue weighted by Crippen LogP contribution is 2.33. The normalized spacial score (nSPS) is 11.2. The second-order valence-corrected chi connectivity index (χ2v) is 6.90. The van der Waals surface area contributed by atoms with E-state index in [1.54, 1.807) is 18.5 Å². The van der Waals surface area contributed by atoms with Crippen molar-refractivity contribution in [3.63, 3.8) is 0 Å². The van der Waals surface area contributed by atoms with Gasteiger partial charge >= 0.3 is 6.09 Å². The second kappa shape index (κ2) is 6.96. The molecule has 2 N–H and O–H groups in total. The van der Waals surface area contributed by atoms with Crippen molar-refractivity contribution in [2.24, 2.45) is 7.05 Å². The van der Waals surface area contributed by atoms with Gasteiger partial charge in [-0.2, -0.15) is 5.10 Å². The molecule has 0 radical (unpaired) electrons. The number of carbonyl (C=O) groups is 1. The van der Waals surface area contributed by atoms with E-state index in [1.165, 1.54) is 11.2 Å². The Morgan fingerprint density at radius 3 is 2.80 bits per heavy atom. The first-order valence-corrected chi connectivity index (χ1v) is 9.25. The molecule has 5 rings (SSSR count). The molecule has 3 heterocycles. The largest absolute Gasteiger partial charge is 0.465 e. The van der Waals surface area contributed by atoms with Crippen molar-refractivity contribution in [1.82, 2.24) is 29.7 Å². The van der Waals surface area contributed by atoms with Crippen LogP contribution in [0.15, 0.2) is 61.3 Å². The fourth-order valence-corrected chi connectivity index (χ4v) is 3.59. The topological polar surface area (TPSA) is 113 Å². The van der Waals surface area contributed by atoms with Gasteiger partial charge in [-0.1, -0.05) is 12.1 Å². The lowest BCUT2D eigenvalue weighted by atomic mass is 10.0. The molecule has 0 unspecified atom stereocenters. The molecule has 0 bridgehead atoms. The Labute approximate surface area is 170 Å². The number of nitrogens with zero attached hydrogens (tertiary/aromatic N) is 6. The van der Waals surface area contributed by atoms with Gasteiger partial charge < -0.3 is 9.67 Å². The molecular formula is C21H17N7O2. The van der Waals surface area contributed by atoms with Crippen LogP contribution in [0.25, 0.3) is 33.1 Å². The molecule has 0 fully saturated rings. The maximum Gasteiger partial charge on any atom is 0.412 e. The monoisotopic (exact) mass is 399 g/mol. The van der Waals surface area contributed by atoms with E-state index < -0.39 is 6.09 Å². The number of nitrogens with one attached hydrogen (secondary N) is 1. The highest BCUT2D eigenvalue weighted by Gasteiger charge is 2.20. The van der Waals surface area contributed by atoms with Crippen molar-refractivity contribution in [3.05, 3.63) is 67.1 Å². The first-order valence-electron chi connectivity index (χ1n) is 9.25. The third kappa shape index (κ3) is 3.02. The number of anilines is 1. The summed E-state index contributed by atoms with van der Waals surface area (Å²) in [7, 11) is 1.99. The second-order valence-electron chi connectivity index (χ2n) is 6.90. The molecule has 148 valence electrons. The molecule has 0 saturated heterocycles. The Kier molecular flexibility index (Phi) is 4.13. The van der Waals surface area contributed by atoms with Gasteiger partial charge in [-0.25, -0.2) is 9.78 Å². The number of rotatable bonds is 4. The summed E-state index contributed by atoms with van der Waals surface area (Å²) in [6.07, 6.45) is 5.55. The van der Waals surface area contributed by atoms with E-state index in [1.807, 2.05) is 36.0 Å². The van der Waals surface area contributed by atoms with Crippen LogP contribution in [0.5, 0.6) is 0 Å². The molecule has 0 aliphatic heterocycles. The van der Waals surface area contributed by atoms with E-state index >= 15 is 0 Å². The summed E-state index contributed by atoms with van der Waals surface area (Å²) in [6.45, 7) is 0.0148. The van der Waals surface area contributed by atoms with Gasteiger partial charge in [0, 0.05) is 36.7 Å². The summed E-state index contributed by atoms with van der Waals surface area (Å²) >= 11 is 0. The van der Waals surface area contributed by atoms with Gasteiger partial charge in [-0.05, 0) is 35.2 Å². The van der Waals surface area contributed by atoms with Crippen LogP contribution in [0, 0.1) is 0 Å². The van der Waals surface area contributed by atoms with Gasteiger partial charge in [0.05, 0.1) is 23.3 Å². The SMILES string of the molecule is Cn1ccc2ccc(-c3cc(N(Cc4nc[nH]n4)C(=O)O)cc4nccnc34)cc21. The van der Waals surface area contributed by atoms with Gasteiger partial charge in [-0.15, -0.1) is 0 Å². The van der Waals surface area contributed by atoms with Gasteiger partial charge in [0.1, 0.15) is 6.33 Å². The molecule has 5 aromatic rings. The van der Waals surface area contributed by atoms with E-state index in [2.05, 4.69) is 37.3 Å². The third-order valence-corrected chi connectivity index (χ3v) is 5.06. The number of H-pyrrole nitrogens is 1. The number of benzene rings is 2. The van der Waals surface area contributed by atoms with Crippen LogP contribution in [-0.4, -0.2) is 40.9 Å².